The molecule has 1 fully saturated rings. The number of hydrogen-bond acceptors (Lipinski definition) is 3. The predicted octanol–water partition coefficient (Wildman–Crippen LogP) is 1.05. The molecule has 1 aromatic heterocycles. The maximum Gasteiger partial charge on any atom is 0.153 e. The van der Waals surface area contributed by atoms with Gasteiger partial charge in [0, 0.05) is 25.2 Å². The smallest absolute Gasteiger partial charge is 0.153 e. The zero-order valence-electron chi connectivity index (χ0n) is 9.05. The number of anilines is 1. The minimum absolute atomic E-state index is 0.955. The van der Waals surface area contributed by atoms with Crippen LogP contribution in [0.1, 0.15) is 30.5 Å². The third-order valence-corrected chi connectivity index (χ3v) is 3.44. The van der Waals surface area contributed by atoms with Gasteiger partial charge < -0.3 is 10.2 Å². The second-order valence-electron chi connectivity index (χ2n) is 4.48. The summed E-state index contributed by atoms with van der Waals surface area (Å²) >= 11 is 0. The Bertz CT molecular complexity index is 338. The van der Waals surface area contributed by atoms with E-state index in [0.29, 0.717) is 0 Å². The quantitative estimate of drug-likeness (QED) is 0.721. The monoisotopic (exact) mass is 206 g/mol. The number of aromatic amines is 1. The van der Waals surface area contributed by atoms with Crippen molar-refractivity contribution in [1.82, 2.24) is 15.5 Å². The van der Waals surface area contributed by atoms with Gasteiger partial charge in [0.25, 0.3) is 0 Å². The first-order valence-corrected chi connectivity index (χ1v) is 5.97. The molecule has 1 saturated heterocycles. The van der Waals surface area contributed by atoms with Gasteiger partial charge in [-0.25, -0.2) is 0 Å². The first kappa shape index (κ1) is 9.21. The Morgan fingerprint density at radius 3 is 2.87 bits per heavy atom. The van der Waals surface area contributed by atoms with E-state index < -0.39 is 0 Å². The van der Waals surface area contributed by atoms with E-state index in [0.717, 1.165) is 19.5 Å². The van der Waals surface area contributed by atoms with Gasteiger partial charge in [0.2, 0.25) is 0 Å². The zero-order valence-corrected chi connectivity index (χ0v) is 9.05. The lowest BCUT2D eigenvalue weighted by molar-refractivity contribution is 0.570. The summed E-state index contributed by atoms with van der Waals surface area (Å²) in [6, 6.07) is 0. The maximum atomic E-state index is 4.48. The minimum atomic E-state index is 0.955. The van der Waals surface area contributed by atoms with Gasteiger partial charge in [0.15, 0.2) is 5.82 Å². The average molecular weight is 206 g/mol. The molecule has 0 amide bonds. The fourth-order valence-corrected chi connectivity index (χ4v) is 2.59. The fraction of sp³-hybridized carbons (Fsp3) is 0.727. The van der Waals surface area contributed by atoms with Crippen LogP contribution in [0.2, 0.25) is 0 Å². The van der Waals surface area contributed by atoms with Gasteiger partial charge in [-0.1, -0.05) is 0 Å². The average Bonchev–Trinajstić information content (AvgIpc) is 2.74. The highest BCUT2D eigenvalue weighted by Gasteiger charge is 2.21. The Kier molecular flexibility index (Phi) is 2.37. The maximum absolute atomic E-state index is 4.48. The summed E-state index contributed by atoms with van der Waals surface area (Å²) in [7, 11) is 0. The highest BCUT2D eigenvalue weighted by molar-refractivity contribution is 5.50. The lowest BCUT2D eigenvalue weighted by atomic mass is 10.1. The van der Waals surface area contributed by atoms with Gasteiger partial charge >= 0.3 is 0 Å². The molecule has 2 aliphatic heterocycles. The molecule has 0 bridgehead atoms. The molecule has 2 N–H and O–H groups in total. The van der Waals surface area contributed by atoms with Crippen LogP contribution < -0.4 is 10.2 Å². The Balaban J connectivity index is 1.87. The van der Waals surface area contributed by atoms with Crippen molar-refractivity contribution in [2.75, 3.05) is 24.5 Å². The van der Waals surface area contributed by atoms with Gasteiger partial charge in [-0.05, 0) is 32.2 Å². The summed E-state index contributed by atoms with van der Waals surface area (Å²) in [4.78, 5) is 2.45. The summed E-state index contributed by atoms with van der Waals surface area (Å²) in [5.74, 6) is 1.23. The van der Waals surface area contributed by atoms with Crippen LogP contribution in [0.4, 0.5) is 5.82 Å². The largest absolute Gasteiger partial charge is 0.355 e. The Morgan fingerprint density at radius 2 is 2.00 bits per heavy atom. The number of aromatic nitrogens is 2. The van der Waals surface area contributed by atoms with E-state index in [1.165, 1.54) is 49.4 Å². The lowest BCUT2D eigenvalue weighted by Gasteiger charge is -2.28. The Hall–Kier alpha value is -1.03. The molecule has 3 heterocycles. The van der Waals surface area contributed by atoms with Crippen molar-refractivity contribution in [3.8, 4) is 0 Å². The van der Waals surface area contributed by atoms with Gasteiger partial charge in [0.1, 0.15) is 0 Å². The van der Waals surface area contributed by atoms with Crippen molar-refractivity contribution in [3.05, 3.63) is 11.3 Å². The summed E-state index contributed by atoms with van der Waals surface area (Å²) < 4.78 is 0. The molecule has 0 unspecified atom stereocenters. The van der Waals surface area contributed by atoms with Crippen LogP contribution in [0, 0.1) is 0 Å². The molecular weight excluding hydrogens is 188 g/mol. The number of rotatable bonds is 1. The summed E-state index contributed by atoms with van der Waals surface area (Å²) in [5.41, 5.74) is 2.75. The van der Waals surface area contributed by atoms with E-state index in [-0.39, 0.29) is 0 Å². The third-order valence-electron chi connectivity index (χ3n) is 3.44. The zero-order chi connectivity index (χ0) is 10.1. The second kappa shape index (κ2) is 3.85. The van der Waals surface area contributed by atoms with Gasteiger partial charge in [-0.3, -0.25) is 5.10 Å². The van der Waals surface area contributed by atoms with Crippen LogP contribution in [-0.2, 0) is 13.0 Å². The molecule has 0 aromatic carbocycles. The van der Waals surface area contributed by atoms with E-state index >= 15 is 0 Å². The van der Waals surface area contributed by atoms with E-state index in [4.69, 9.17) is 0 Å². The molecule has 0 spiro atoms. The van der Waals surface area contributed by atoms with E-state index in [1.54, 1.807) is 0 Å². The van der Waals surface area contributed by atoms with Crippen molar-refractivity contribution >= 4 is 5.82 Å². The molecule has 1 aromatic rings. The summed E-state index contributed by atoms with van der Waals surface area (Å²) in [5, 5.41) is 11.0. The molecule has 4 heteroatoms. The normalized spacial score (nSPS) is 21.5. The van der Waals surface area contributed by atoms with Gasteiger partial charge in [0.05, 0.1) is 5.69 Å². The predicted molar refractivity (Wildman–Crippen MR) is 60.1 cm³/mol. The molecule has 82 valence electrons. The molecule has 0 radical (unpaired) electrons. The van der Waals surface area contributed by atoms with Crippen molar-refractivity contribution in [3.63, 3.8) is 0 Å². The topological polar surface area (TPSA) is 44.0 Å². The molecule has 15 heavy (non-hydrogen) atoms. The second-order valence-corrected chi connectivity index (χ2v) is 4.48. The first-order chi connectivity index (χ1) is 7.45. The van der Waals surface area contributed by atoms with Crippen LogP contribution in [0.15, 0.2) is 0 Å². The Labute approximate surface area is 90.0 Å². The molecule has 4 nitrogen and oxygen atoms in total. The summed E-state index contributed by atoms with van der Waals surface area (Å²) in [6.45, 7) is 4.42. The SMILES string of the molecule is C1CCN(c2n[nH]c3c2CCNC3)CC1. The van der Waals surface area contributed by atoms with E-state index in [2.05, 4.69) is 20.4 Å². The van der Waals surface area contributed by atoms with E-state index in [1.807, 2.05) is 0 Å². The molecule has 3 rings (SSSR count). The number of hydrogen-bond donors (Lipinski definition) is 2. The fourth-order valence-electron chi connectivity index (χ4n) is 2.59. The highest BCUT2D eigenvalue weighted by atomic mass is 15.3. The van der Waals surface area contributed by atoms with Crippen LogP contribution in [-0.4, -0.2) is 29.8 Å². The molecule has 2 aliphatic rings. The van der Waals surface area contributed by atoms with Crippen LogP contribution in [0.25, 0.3) is 0 Å². The van der Waals surface area contributed by atoms with Gasteiger partial charge in [-0.2, -0.15) is 5.10 Å². The van der Waals surface area contributed by atoms with Crippen molar-refractivity contribution in [1.29, 1.82) is 0 Å². The number of nitrogens with zero attached hydrogens (tertiary/aromatic N) is 2. The minimum Gasteiger partial charge on any atom is -0.355 e. The first-order valence-electron chi connectivity index (χ1n) is 5.97. The highest BCUT2D eigenvalue weighted by Crippen LogP contribution is 2.25. The van der Waals surface area contributed by atoms with Crippen LogP contribution in [0.5, 0.6) is 0 Å². The Morgan fingerprint density at radius 1 is 1.13 bits per heavy atom. The molecule has 0 aliphatic carbocycles. The number of nitrogens with one attached hydrogen (secondary N) is 2. The van der Waals surface area contributed by atoms with Crippen LogP contribution >= 0.6 is 0 Å². The molecular formula is C11H18N4. The van der Waals surface area contributed by atoms with Crippen LogP contribution in [0.3, 0.4) is 0 Å². The van der Waals surface area contributed by atoms with Crippen molar-refractivity contribution < 1.29 is 0 Å². The molecule has 0 atom stereocenters. The van der Waals surface area contributed by atoms with Crippen molar-refractivity contribution in [2.45, 2.75) is 32.2 Å². The third kappa shape index (κ3) is 1.63. The lowest BCUT2D eigenvalue weighted by Crippen LogP contribution is -2.31. The van der Waals surface area contributed by atoms with E-state index in [9.17, 15) is 0 Å². The number of H-pyrrole nitrogens is 1. The van der Waals surface area contributed by atoms with Crippen molar-refractivity contribution in [2.24, 2.45) is 0 Å². The molecule has 0 saturated carbocycles. The number of piperidine rings is 1. The van der Waals surface area contributed by atoms with Gasteiger partial charge in [-0.15, -0.1) is 0 Å². The standard InChI is InChI=1S/C11H18N4/c1-2-6-15(7-3-1)11-9-4-5-12-8-10(9)13-14-11/h12H,1-8H2,(H,13,14). The number of fused-ring (bicyclic) bond motifs is 1. The summed E-state index contributed by atoms with van der Waals surface area (Å²) in [6.07, 6.45) is 5.14.